The smallest absolute Gasteiger partial charge is 0.116 e. The lowest BCUT2D eigenvalue weighted by atomic mass is 9.96. The monoisotopic (exact) mass is 270 g/mol. The molecule has 1 heterocycles. The molecule has 0 fully saturated rings. The number of hydrogen-bond acceptors (Lipinski definition) is 2. The molecule has 100 valence electrons. The second kappa shape index (κ2) is 4.98. The summed E-state index contributed by atoms with van der Waals surface area (Å²) in [6.07, 6.45) is 3.76. The van der Waals surface area contributed by atoms with E-state index in [2.05, 4.69) is 77.0 Å². The summed E-state index contributed by atoms with van der Waals surface area (Å²) < 4.78 is 0. The van der Waals surface area contributed by atoms with Crippen LogP contribution in [-0.2, 0) is 0 Å². The first-order chi connectivity index (χ1) is 10.4. The second-order valence-corrected chi connectivity index (χ2v) is 5.17. The van der Waals surface area contributed by atoms with Gasteiger partial charge in [-0.25, -0.2) is 0 Å². The van der Waals surface area contributed by atoms with Crippen molar-refractivity contribution in [1.29, 1.82) is 0 Å². The van der Waals surface area contributed by atoms with E-state index in [0.717, 1.165) is 0 Å². The van der Waals surface area contributed by atoms with Crippen LogP contribution < -0.4 is 0 Å². The molecule has 1 aliphatic rings. The Hall–Kier alpha value is -2.74. The SMILES string of the molecule is C1=CC(c2ccc(-c3cccc4ccccc34)cc2)N=N1. The predicted molar refractivity (Wildman–Crippen MR) is 86.1 cm³/mol. The molecule has 0 aromatic heterocycles. The molecule has 1 aliphatic heterocycles. The van der Waals surface area contributed by atoms with E-state index in [0.29, 0.717) is 0 Å². The van der Waals surface area contributed by atoms with Crippen molar-refractivity contribution in [2.24, 2.45) is 10.2 Å². The van der Waals surface area contributed by atoms with Crippen LogP contribution in [0.4, 0.5) is 0 Å². The molecule has 1 atom stereocenters. The lowest BCUT2D eigenvalue weighted by Gasteiger charge is -2.09. The molecule has 0 aliphatic carbocycles. The number of fused-ring (bicyclic) bond motifs is 1. The Morgan fingerprint density at radius 1 is 0.762 bits per heavy atom. The summed E-state index contributed by atoms with van der Waals surface area (Å²) in [5, 5.41) is 10.6. The van der Waals surface area contributed by atoms with E-state index in [4.69, 9.17) is 0 Å². The average molecular weight is 270 g/mol. The molecule has 0 amide bonds. The number of benzene rings is 3. The van der Waals surface area contributed by atoms with Crippen molar-refractivity contribution in [2.75, 3.05) is 0 Å². The molecule has 21 heavy (non-hydrogen) atoms. The molecule has 2 nitrogen and oxygen atoms in total. The average Bonchev–Trinajstić information content (AvgIpc) is 3.09. The van der Waals surface area contributed by atoms with Crippen molar-refractivity contribution >= 4 is 10.8 Å². The highest BCUT2D eigenvalue weighted by molar-refractivity contribution is 5.96. The Labute approximate surface area is 123 Å². The molecule has 3 aromatic carbocycles. The second-order valence-electron chi connectivity index (χ2n) is 5.17. The molecule has 3 aromatic rings. The quantitative estimate of drug-likeness (QED) is 0.585. The number of rotatable bonds is 2. The van der Waals surface area contributed by atoms with E-state index in [1.54, 1.807) is 6.20 Å². The van der Waals surface area contributed by atoms with Crippen molar-refractivity contribution < 1.29 is 0 Å². The molecular formula is C19H14N2. The van der Waals surface area contributed by atoms with Crippen molar-refractivity contribution in [2.45, 2.75) is 6.04 Å². The zero-order valence-corrected chi connectivity index (χ0v) is 11.5. The van der Waals surface area contributed by atoms with Crippen LogP contribution >= 0.6 is 0 Å². The van der Waals surface area contributed by atoms with E-state index < -0.39 is 0 Å². The molecule has 0 radical (unpaired) electrons. The Bertz CT molecular complexity index is 828. The Morgan fingerprint density at radius 2 is 1.57 bits per heavy atom. The Kier molecular flexibility index (Phi) is 2.86. The van der Waals surface area contributed by atoms with Crippen LogP contribution in [0.3, 0.4) is 0 Å². The summed E-state index contributed by atoms with van der Waals surface area (Å²) in [5.74, 6) is 0. The van der Waals surface area contributed by atoms with Gasteiger partial charge in [-0.2, -0.15) is 10.2 Å². The summed E-state index contributed by atoms with van der Waals surface area (Å²) in [5.41, 5.74) is 3.68. The molecule has 0 bridgehead atoms. The molecule has 0 N–H and O–H groups in total. The largest absolute Gasteiger partial charge is 0.177 e. The zero-order valence-electron chi connectivity index (χ0n) is 11.5. The lowest BCUT2D eigenvalue weighted by molar-refractivity contribution is 0.881. The molecule has 0 spiro atoms. The van der Waals surface area contributed by atoms with Gasteiger partial charge in [0, 0.05) is 6.20 Å². The van der Waals surface area contributed by atoms with E-state index >= 15 is 0 Å². The minimum absolute atomic E-state index is 0.0755. The lowest BCUT2D eigenvalue weighted by Crippen LogP contribution is -1.88. The Balaban J connectivity index is 1.78. The minimum Gasteiger partial charge on any atom is -0.177 e. The third-order valence-corrected chi connectivity index (χ3v) is 3.88. The fourth-order valence-electron chi connectivity index (χ4n) is 2.78. The standard InChI is InChI=1S/C19H14N2/c1-2-6-17-14(4-1)5-3-7-18(17)15-8-10-16(11-9-15)19-12-13-20-21-19/h1-13,19H. The number of nitrogens with zero attached hydrogens (tertiary/aromatic N) is 2. The van der Waals surface area contributed by atoms with Gasteiger partial charge in [-0.15, -0.1) is 0 Å². The highest BCUT2D eigenvalue weighted by Crippen LogP contribution is 2.30. The third kappa shape index (κ3) is 2.15. The van der Waals surface area contributed by atoms with Gasteiger partial charge in [0.1, 0.15) is 6.04 Å². The summed E-state index contributed by atoms with van der Waals surface area (Å²) in [7, 11) is 0. The Morgan fingerprint density at radius 3 is 2.38 bits per heavy atom. The zero-order chi connectivity index (χ0) is 14.1. The van der Waals surface area contributed by atoms with Crippen LogP contribution in [0, 0.1) is 0 Å². The molecule has 0 saturated heterocycles. The summed E-state index contributed by atoms with van der Waals surface area (Å²) in [4.78, 5) is 0. The first kappa shape index (κ1) is 12.0. The molecule has 1 unspecified atom stereocenters. The first-order valence-corrected chi connectivity index (χ1v) is 7.06. The van der Waals surface area contributed by atoms with E-state index in [-0.39, 0.29) is 6.04 Å². The van der Waals surface area contributed by atoms with E-state index in [9.17, 15) is 0 Å². The van der Waals surface area contributed by atoms with Gasteiger partial charge in [-0.1, -0.05) is 66.7 Å². The van der Waals surface area contributed by atoms with Crippen LogP contribution in [0.25, 0.3) is 21.9 Å². The molecule has 2 heteroatoms. The van der Waals surface area contributed by atoms with Crippen LogP contribution in [0.15, 0.2) is 89.2 Å². The highest BCUT2D eigenvalue weighted by atomic mass is 15.1. The summed E-state index contributed by atoms with van der Waals surface area (Å²) in [6, 6.07) is 23.6. The van der Waals surface area contributed by atoms with Gasteiger partial charge < -0.3 is 0 Å². The van der Waals surface area contributed by atoms with E-state index in [1.165, 1.54) is 27.5 Å². The topological polar surface area (TPSA) is 24.7 Å². The fraction of sp³-hybridized carbons (Fsp3) is 0.0526. The van der Waals surface area contributed by atoms with Gasteiger partial charge in [0.2, 0.25) is 0 Å². The van der Waals surface area contributed by atoms with Gasteiger partial charge in [-0.3, -0.25) is 0 Å². The summed E-state index contributed by atoms with van der Waals surface area (Å²) in [6.45, 7) is 0. The number of azo groups is 1. The van der Waals surface area contributed by atoms with Crippen LogP contribution in [0.1, 0.15) is 11.6 Å². The molecule has 0 saturated carbocycles. The van der Waals surface area contributed by atoms with Gasteiger partial charge in [0.15, 0.2) is 0 Å². The summed E-state index contributed by atoms with van der Waals surface area (Å²) >= 11 is 0. The maximum atomic E-state index is 4.17. The van der Waals surface area contributed by atoms with E-state index in [1.807, 2.05) is 6.08 Å². The van der Waals surface area contributed by atoms with Crippen molar-refractivity contribution in [3.63, 3.8) is 0 Å². The minimum atomic E-state index is 0.0755. The first-order valence-electron chi connectivity index (χ1n) is 7.06. The van der Waals surface area contributed by atoms with Gasteiger partial charge in [-0.05, 0) is 33.5 Å². The van der Waals surface area contributed by atoms with Gasteiger partial charge in [0.25, 0.3) is 0 Å². The maximum Gasteiger partial charge on any atom is 0.116 e. The van der Waals surface area contributed by atoms with Crippen LogP contribution in [0.5, 0.6) is 0 Å². The van der Waals surface area contributed by atoms with Crippen LogP contribution in [-0.4, -0.2) is 0 Å². The van der Waals surface area contributed by atoms with Crippen molar-refractivity contribution in [3.8, 4) is 11.1 Å². The maximum absolute atomic E-state index is 4.17. The van der Waals surface area contributed by atoms with Gasteiger partial charge >= 0.3 is 0 Å². The predicted octanol–water partition coefficient (Wildman–Crippen LogP) is 5.53. The third-order valence-electron chi connectivity index (χ3n) is 3.88. The number of hydrogen-bond donors (Lipinski definition) is 0. The fourth-order valence-corrected chi connectivity index (χ4v) is 2.78. The van der Waals surface area contributed by atoms with Crippen molar-refractivity contribution in [1.82, 2.24) is 0 Å². The van der Waals surface area contributed by atoms with Crippen LogP contribution in [0.2, 0.25) is 0 Å². The molecular weight excluding hydrogens is 256 g/mol. The van der Waals surface area contributed by atoms with Crippen molar-refractivity contribution in [3.05, 3.63) is 84.6 Å². The normalized spacial score (nSPS) is 16.7. The highest BCUT2D eigenvalue weighted by Gasteiger charge is 2.10. The van der Waals surface area contributed by atoms with Gasteiger partial charge in [0.05, 0.1) is 0 Å². The molecule has 4 rings (SSSR count).